The third kappa shape index (κ3) is 3.55. The first-order chi connectivity index (χ1) is 9.91. The van der Waals surface area contributed by atoms with Crippen LogP contribution < -0.4 is 5.32 Å². The third-order valence-electron chi connectivity index (χ3n) is 2.83. The number of nitrogens with zero attached hydrogens (tertiary/aromatic N) is 1. The summed E-state index contributed by atoms with van der Waals surface area (Å²) < 4.78 is 48.6. The molecule has 1 aromatic carbocycles. The molecule has 0 amide bonds. The highest BCUT2D eigenvalue weighted by Crippen LogP contribution is 2.26. The lowest BCUT2D eigenvalue weighted by Crippen LogP contribution is -2.14. The number of rotatable bonds is 5. The van der Waals surface area contributed by atoms with Crippen molar-refractivity contribution in [1.29, 1.82) is 0 Å². The van der Waals surface area contributed by atoms with Gasteiger partial charge in [-0.15, -0.1) is 0 Å². The molecule has 1 heterocycles. The lowest BCUT2D eigenvalue weighted by atomic mass is 10.3. The molecule has 0 saturated heterocycles. The summed E-state index contributed by atoms with van der Waals surface area (Å²) in [5.74, 6) is -3.45. The van der Waals surface area contributed by atoms with Gasteiger partial charge in [0.05, 0.1) is 22.8 Å². The van der Waals surface area contributed by atoms with Crippen molar-refractivity contribution in [2.24, 2.45) is 0 Å². The summed E-state index contributed by atoms with van der Waals surface area (Å²) in [5, 5.41) is 2.84. The number of anilines is 1. The zero-order chi connectivity index (χ0) is 15.5. The van der Waals surface area contributed by atoms with E-state index in [0.29, 0.717) is 5.69 Å². The van der Waals surface area contributed by atoms with E-state index >= 15 is 0 Å². The van der Waals surface area contributed by atoms with Crippen LogP contribution in [-0.4, -0.2) is 19.2 Å². The molecular weight excluding hydrogens is 298 g/mol. The van der Waals surface area contributed by atoms with Crippen LogP contribution in [0.2, 0.25) is 0 Å². The van der Waals surface area contributed by atoms with E-state index in [-0.39, 0.29) is 12.2 Å². The van der Waals surface area contributed by atoms with Gasteiger partial charge in [-0.2, -0.15) is 8.78 Å². The molecule has 1 N–H and O–H groups in total. The Hall–Kier alpha value is -2.02. The maximum absolute atomic E-state index is 12.7. The number of hydrogen-bond donors (Lipinski definition) is 1. The van der Waals surface area contributed by atoms with Gasteiger partial charge in [-0.25, -0.2) is 8.42 Å². The van der Waals surface area contributed by atoms with E-state index in [4.69, 9.17) is 0 Å². The van der Waals surface area contributed by atoms with Crippen molar-refractivity contribution < 1.29 is 17.2 Å². The largest absolute Gasteiger partial charge is 0.378 e. The minimum atomic E-state index is -4.64. The van der Waals surface area contributed by atoms with Crippen LogP contribution in [0.1, 0.15) is 11.4 Å². The Kier molecular flexibility index (Phi) is 4.52. The molecule has 0 unspecified atom stereocenters. The molecule has 0 radical (unpaired) electrons. The van der Waals surface area contributed by atoms with Gasteiger partial charge >= 0.3 is 5.76 Å². The minimum absolute atomic E-state index is 0.140. The highest BCUT2D eigenvalue weighted by atomic mass is 32.2. The Morgan fingerprint density at radius 3 is 2.52 bits per heavy atom. The van der Waals surface area contributed by atoms with Gasteiger partial charge in [-0.05, 0) is 31.2 Å². The predicted octanol–water partition coefficient (Wildman–Crippen LogP) is 3.00. The first kappa shape index (κ1) is 15.4. The van der Waals surface area contributed by atoms with Crippen molar-refractivity contribution in [2.75, 3.05) is 5.32 Å². The average Bonchev–Trinajstić information content (AvgIpc) is 2.45. The molecule has 0 aliphatic carbocycles. The van der Waals surface area contributed by atoms with Crippen LogP contribution in [0.4, 0.5) is 14.5 Å². The Morgan fingerprint density at radius 1 is 1.14 bits per heavy atom. The van der Waals surface area contributed by atoms with Gasteiger partial charge < -0.3 is 5.32 Å². The molecule has 0 spiro atoms. The van der Waals surface area contributed by atoms with E-state index in [2.05, 4.69) is 10.3 Å². The number of sulfone groups is 1. The van der Waals surface area contributed by atoms with E-state index in [9.17, 15) is 17.2 Å². The quantitative estimate of drug-likeness (QED) is 0.922. The highest BCUT2D eigenvalue weighted by molar-refractivity contribution is 7.91. The van der Waals surface area contributed by atoms with Crippen LogP contribution in [0.3, 0.4) is 0 Å². The van der Waals surface area contributed by atoms with Gasteiger partial charge in [-0.1, -0.05) is 18.2 Å². The summed E-state index contributed by atoms with van der Waals surface area (Å²) in [6.07, 6.45) is 0. The average molecular weight is 312 g/mol. The maximum atomic E-state index is 12.7. The normalized spacial score (nSPS) is 11.6. The van der Waals surface area contributed by atoms with E-state index < -0.39 is 20.5 Å². The molecule has 4 nitrogen and oxygen atoms in total. The first-order valence-corrected chi connectivity index (χ1v) is 7.73. The molecule has 0 aliphatic rings. The number of halogens is 2. The van der Waals surface area contributed by atoms with Gasteiger partial charge in [0.2, 0.25) is 9.84 Å². The van der Waals surface area contributed by atoms with Crippen LogP contribution in [0.15, 0.2) is 47.4 Å². The zero-order valence-corrected chi connectivity index (χ0v) is 12.1. The summed E-state index contributed by atoms with van der Waals surface area (Å²) in [6.45, 7) is 2.08. The Labute approximate surface area is 121 Å². The van der Waals surface area contributed by atoms with E-state index in [0.717, 1.165) is 11.8 Å². The molecule has 2 rings (SSSR count). The lowest BCUT2D eigenvalue weighted by Gasteiger charge is -2.12. The van der Waals surface area contributed by atoms with Crippen molar-refractivity contribution >= 4 is 15.5 Å². The molecule has 0 aliphatic heterocycles. The molecule has 0 saturated carbocycles. The number of pyridine rings is 1. The first-order valence-electron chi connectivity index (χ1n) is 6.19. The lowest BCUT2D eigenvalue weighted by molar-refractivity contribution is 0.235. The molecular formula is C14H14F2N2O2S. The van der Waals surface area contributed by atoms with Crippen LogP contribution in [0.5, 0.6) is 0 Å². The second kappa shape index (κ2) is 6.17. The molecule has 112 valence electrons. The van der Waals surface area contributed by atoms with E-state index in [1.807, 2.05) is 19.1 Å². The van der Waals surface area contributed by atoms with Gasteiger partial charge in [0.25, 0.3) is 0 Å². The molecule has 21 heavy (non-hydrogen) atoms. The summed E-state index contributed by atoms with van der Waals surface area (Å²) in [7, 11) is -4.64. The number of benzene rings is 1. The number of nitrogens with one attached hydrogen (secondary N) is 1. The third-order valence-corrected chi connectivity index (χ3v) is 4.27. The van der Waals surface area contributed by atoms with Crippen molar-refractivity contribution in [2.45, 2.75) is 24.1 Å². The molecule has 2 aromatic rings. The molecule has 0 fully saturated rings. The number of hydrogen-bond acceptors (Lipinski definition) is 4. The Balaban J connectivity index is 2.26. The van der Waals surface area contributed by atoms with Gasteiger partial charge in [0.15, 0.2) is 0 Å². The molecule has 1 aromatic heterocycles. The van der Waals surface area contributed by atoms with Gasteiger partial charge in [-0.3, -0.25) is 4.98 Å². The Bertz CT molecular complexity index is 733. The van der Waals surface area contributed by atoms with Crippen molar-refractivity contribution in [1.82, 2.24) is 4.98 Å². The molecule has 0 bridgehead atoms. The molecule has 0 atom stereocenters. The van der Waals surface area contributed by atoms with Crippen LogP contribution in [0, 0.1) is 6.92 Å². The Morgan fingerprint density at radius 2 is 1.86 bits per heavy atom. The summed E-state index contributed by atoms with van der Waals surface area (Å²) >= 11 is 0. The molecule has 7 heteroatoms. The van der Waals surface area contributed by atoms with Crippen molar-refractivity contribution in [3.8, 4) is 0 Å². The maximum Gasteiger partial charge on any atom is 0.341 e. The van der Waals surface area contributed by atoms with Crippen molar-refractivity contribution in [3.63, 3.8) is 0 Å². The fourth-order valence-electron chi connectivity index (χ4n) is 1.84. The van der Waals surface area contributed by atoms with Crippen LogP contribution in [0.25, 0.3) is 0 Å². The minimum Gasteiger partial charge on any atom is -0.378 e. The SMILES string of the molecule is Cc1cccc(CNc2ccccc2S(=O)(=O)C(F)F)n1. The second-order valence-electron chi connectivity index (χ2n) is 4.43. The van der Waals surface area contributed by atoms with E-state index in [1.165, 1.54) is 12.1 Å². The number of alkyl halides is 2. The standard InChI is InChI=1S/C14H14F2N2O2S/c1-10-5-4-6-11(18-10)9-17-12-7-2-3-8-13(12)21(19,20)14(15)16/h2-8,14,17H,9H2,1H3. The number of para-hydroxylation sites is 1. The number of aromatic nitrogens is 1. The monoisotopic (exact) mass is 312 g/mol. The smallest absolute Gasteiger partial charge is 0.341 e. The second-order valence-corrected chi connectivity index (χ2v) is 6.31. The summed E-state index contributed by atoms with van der Waals surface area (Å²) in [4.78, 5) is 3.85. The summed E-state index contributed by atoms with van der Waals surface area (Å²) in [5.41, 5.74) is 1.66. The van der Waals surface area contributed by atoms with Crippen molar-refractivity contribution in [3.05, 3.63) is 53.9 Å². The van der Waals surface area contributed by atoms with Crippen LogP contribution >= 0.6 is 0 Å². The predicted molar refractivity (Wildman–Crippen MR) is 75.9 cm³/mol. The van der Waals surface area contributed by atoms with E-state index in [1.54, 1.807) is 12.1 Å². The highest BCUT2D eigenvalue weighted by Gasteiger charge is 2.28. The summed E-state index contributed by atoms with van der Waals surface area (Å²) in [6, 6.07) is 11.0. The fourth-order valence-corrected chi connectivity index (χ4v) is 2.75. The number of aryl methyl sites for hydroxylation is 1. The van der Waals surface area contributed by atoms with Gasteiger partial charge in [0.1, 0.15) is 0 Å². The van der Waals surface area contributed by atoms with Gasteiger partial charge in [0, 0.05) is 5.69 Å². The fraction of sp³-hybridized carbons (Fsp3) is 0.214. The zero-order valence-electron chi connectivity index (χ0n) is 11.3. The van der Waals surface area contributed by atoms with Crippen LogP contribution in [-0.2, 0) is 16.4 Å². The topological polar surface area (TPSA) is 59.1 Å².